The van der Waals surface area contributed by atoms with E-state index in [1.165, 1.54) is 6.26 Å². The van der Waals surface area contributed by atoms with Crippen LogP contribution in [-0.4, -0.2) is 56.9 Å². The molecule has 0 saturated carbocycles. The molecule has 1 aromatic carbocycles. The minimum Gasteiger partial charge on any atom is -0.361 e. The number of alkyl halides is 2. The van der Waals surface area contributed by atoms with Crippen molar-refractivity contribution in [2.75, 3.05) is 25.9 Å². The smallest absolute Gasteiger partial charge is 0.345 e. The molecule has 1 aliphatic heterocycles. The third-order valence-corrected chi connectivity index (χ3v) is 5.50. The second-order valence-electron chi connectivity index (χ2n) is 6.15. The van der Waals surface area contributed by atoms with Gasteiger partial charge in [0.05, 0.1) is 11.0 Å². The van der Waals surface area contributed by atoms with Gasteiger partial charge < -0.3 is 14.6 Å². The molecular formula is C16H20F2N2O3S. The first-order valence-corrected chi connectivity index (χ1v) is 9.68. The van der Waals surface area contributed by atoms with E-state index in [0.29, 0.717) is 24.3 Å². The molecule has 1 aliphatic rings. The number of halogens is 2. The van der Waals surface area contributed by atoms with Gasteiger partial charge >= 0.3 is 6.61 Å². The van der Waals surface area contributed by atoms with E-state index in [0.717, 1.165) is 29.6 Å². The van der Waals surface area contributed by atoms with Gasteiger partial charge in [-0.15, -0.1) is 0 Å². The fourth-order valence-electron chi connectivity index (χ4n) is 3.13. The summed E-state index contributed by atoms with van der Waals surface area (Å²) in [6, 6.07) is 5.03. The Hall–Kier alpha value is -1.51. The van der Waals surface area contributed by atoms with Crippen molar-refractivity contribution in [3.8, 4) is 0 Å². The van der Waals surface area contributed by atoms with E-state index in [-0.39, 0.29) is 0 Å². The highest BCUT2D eigenvalue weighted by Crippen LogP contribution is 2.23. The number of hydrogen-bond donors (Lipinski definition) is 1. The number of hydrogen-bond acceptors (Lipinski definition) is 4. The van der Waals surface area contributed by atoms with E-state index in [1.807, 2.05) is 6.20 Å². The van der Waals surface area contributed by atoms with Gasteiger partial charge in [0.1, 0.15) is 0 Å². The van der Waals surface area contributed by atoms with E-state index in [2.05, 4.69) is 14.6 Å². The highest BCUT2D eigenvalue weighted by Gasteiger charge is 2.25. The van der Waals surface area contributed by atoms with Crippen LogP contribution in [0.1, 0.15) is 12.0 Å². The number of nitrogens with zero attached hydrogens (tertiary/aromatic N) is 1. The number of likely N-dealkylation sites (tertiary alicyclic amines) is 1. The molecular weight excluding hydrogens is 338 g/mol. The molecule has 132 valence electrons. The number of fused-ring (bicyclic) bond motifs is 1. The lowest BCUT2D eigenvalue weighted by molar-refractivity contribution is -0.158. The number of aromatic amines is 1. The standard InChI is InChI=1S/C16H20F2N2O3S/c1-24(21,22)13-2-3-15-14(8-13)11(9-19-15)4-6-20-7-5-12(10-20)23-16(17)18/h2-3,8-9,12,16,19H,4-7,10H2,1H3/t12-/m0/s1. The van der Waals surface area contributed by atoms with Crippen LogP contribution in [-0.2, 0) is 21.0 Å². The van der Waals surface area contributed by atoms with Gasteiger partial charge in [-0.25, -0.2) is 8.42 Å². The fourth-order valence-corrected chi connectivity index (χ4v) is 3.78. The Balaban J connectivity index is 1.68. The average Bonchev–Trinajstić information content (AvgIpc) is 3.09. The summed E-state index contributed by atoms with van der Waals surface area (Å²) >= 11 is 0. The molecule has 5 nitrogen and oxygen atoms in total. The summed E-state index contributed by atoms with van der Waals surface area (Å²) in [6.45, 7) is -0.771. The summed E-state index contributed by atoms with van der Waals surface area (Å²) < 4.78 is 52.4. The van der Waals surface area contributed by atoms with Crippen molar-refractivity contribution in [2.24, 2.45) is 0 Å². The number of H-pyrrole nitrogens is 1. The fraction of sp³-hybridized carbons (Fsp3) is 0.500. The van der Waals surface area contributed by atoms with Crippen molar-refractivity contribution in [3.05, 3.63) is 30.0 Å². The van der Waals surface area contributed by atoms with Crippen LogP contribution in [0, 0.1) is 0 Å². The Labute approximate surface area is 139 Å². The molecule has 3 rings (SSSR count). The van der Waals surface area contributed by atoms with Gasteiger partial charge in [-0.05, 0) is 36.6 Å². The second-order valence-corrected chi connectivity index (χ2v) is 8.17. The first kappa shape index (κ1) is 17.3. The molecule has 1 fully saturated rings. The molecule has 8 heteroatoms. The van der Waals surface area contributed by atoms with Crippen molar-refractivity contribution < 1.29 is 21.9 Å². The minimum atomic E-state index is -3.25. The SMILES string of the molecule is CS(=O)(=O)c1ccc2[nH]cc(CCN3CC[C@H](OC(F)F)C3)c2c1. The number of ether oxygens (including phenoxy) is 1. The zero-order chi connectivity index (χ0) is 17.3. The molecule has 1 aromatic heterocycles. The second kappa shape index (κ2) is 6.78. The van der Waals surface area contributed by atoms with Crippen LogP contribution in [0.2, 0.25) is 0 Å². The van der Waals surface area contributed by atoms with Crippen LogP contribution in [0.4, 0.5) is 8.78 Å². The van der Waals surface area contributed by atoms with E-state index in [9.17, 15) is 17.2 Å². The topological polar surface area (TPSA) is 62.4 Å². The molecule has 24 heavy (non-hydrogen) atoms. The Bertz CT molecular complexity index is 820. The van der Waals surface area contributed by atoms with E-state index in [1.54, 1.807) is 18.2 Å². The number of nitrogens with one attached hydrogen (secondary N) is 1. The van der Waals surface area contributed by atoms with Gasteiger partial charge in [-0.2, -0.15) is 8.78 Å². The Morgan fingerprint density at radius 3 is 2.92 bits per heavy atom. The minimum absolute atomic E-state index is 0.294. The van der Waals surface area contributed by atoms with Crippen molar-refractivity contribution in [1.29, 1.82) is 0 Å². The van der Waals surface area contributed by atoms with Gasteiger partial charge in [0.2, 0.25) is 0 Å². The molecule has 1 N–H and O–H groups in total. The number of benzene rings is 1. The van der Waals surface area contributed by atoms with Crippen LogP contribution < -0.4 is 0 Å². The van der Waals surface area contributed by atoms with Crippen LogP contribution in [0.15, 0.2) is 29.3 Å². The molecule has 0 aliphatic carbocycles. The Morgan fingerprint density at radius 2 is 2.21 bits per heavy atom. The number of rotatable bonds is 6. The van der Waals surface area contributed by atoms with Gasteiger partial charge in [0.15, 0.2) is 9.84 Å². The molecule has 2 heterocycles. The monoisotopic (exact) mass is 358 g/mol. The average molecular weight is 358 g/mol. The maximum atomic E-state index is 12.2. The van der Waals surface area contributed by atoms with E-state index in [4.69, 9.17) is 0 Å². The van der Waals surface area contributed by atoms with Crippen LogP contribution in [0.25, 0.3) is 10.9 Å². The summed E-state index contributed by atoms with van der Waals surface area (Å²) in [5.41, 5.74) is 1.91. The summed E-state index contributed by atoms with van der Waals surface area (Å²) in [7, 11) is -3.25. The molecule has 1 saturated heterocycles. The predicted molar refractivity (Wildman–Crippen MR) is 87.0 cm³/mol. The molecule has 0 bridgehead atoms. The molecule has 2 aromatic rings. The van der Waals surface area contributed by atoms with Gasteiger partial charge in [-0.3, -0.25) is 0 Å². The zero-order valence-electron chi connectivity index (χ0n) is 13.3. The predicted octanol–water partition coefficient (Wildman–Crippen LogP) is 2.43. The van der Waals surface area contributed by atoms with Crippen molar-refractivity contribution in [2.45, 2.75) is 30.5 Å². The van der Waals surface area contributed by atoms with Gasteiger partial charge in [0.25, 0.3) is 0 Å². The third kappa shape index (κ3) is 3.93. The van der Waals surface area contributed by atoms with E-state index < -0.39 is 22.6 Å². The normalized spacial score (nSPS) is 19.6. The highest BCUT2D eigenvalue weighted by atomic mass is 32.2. The van der Waals surface area contributed by atoms with Crippen molar-refractivity contribution in [3.63, 3.8) is 0 Å². The van der Waals surface area contributed by atoms with Crippen LogP contribution in [0.3, 0.4) is 0 Å². The zero-order valence-corrected chi connectivity index (χ0v) is 14.2. The summed E-state index contributed by atoms with van der Waals surface area (Å²) in [5.74, 6) is 0. The summed E-state index contributed by atoms with van der Waals surface area (Å²) in [4.78, 5) is 5.52. The molecule has 0 radical (unpaired) electrons. The third-order valence-electron chi connectivity index (χ3n) is 4.39. The molecule has 0 amide bonds. The maximum Gasteiger partial charge on any atom is 0.345 e. The lowest BCUT2D eigenvalue weighted by atomic mass is 10.1. The van der Waals surface area contributed by atoms with Crippen LogP contribution >= 0.6 is 0 Å². The largest absolute Gasteiger partial charge is 0.361 e. The van der Waals surface area contributed by atoms with Crippen molar-refractivity contribution >= 4 is 20.7 Å². The number of aromatic nitrogens is 1. The van der Waals surface area contributed by atoms with E-state index >= 15 is 0 Å². The summed E-state index contributed by atoms with van der Waals surface area (Å²) in [5, 5.41) is 0.887. The Morgan fingerprint density at radius 1 is 1.42 bits per heavy atom. The van der Waals surface area contributed by atoms with Gasteiger partial charge in [-0.1, -0.05) is 0 Å². The first-order chi connectivity index (χ1) is 11.3. The Kier molecular flexibility index (Phi) is 4.89. The van der Waals surface area contributed by atoms with Gasteiger partial charge in [0, 0.05) is 43.0 Å². The quantitative estimate of drug-likeness (QED) is 0.862. The lowest BCUT2D eigenvalue weighted by Gasteiger charge is -2.15. The highest BCUT2D eigenvalue weighted by molar-refractivity contribution is 7.90. The van der Waals surface area contributed by atoms with Crippen molar-refractivity contribution in [1.82, 2.24) is 9.88 Å². The van der Waals surface area contributed by atoms with Crippen LogP contribution in [0.5, 0.6) is 0 Å². The molecule has 1 atom stereocenters. The first-order valence-electron chi connectivity index (χ1n) is 7.79. The molecule has 0 unspecified atom stereocenters. The molecule has 0 spiro atoms. The summed E-state index contributed by atoms with van der Waals surface area (Å²) in [6.07, 6.45) is 3.98. The lowest BCUT2D eigenvalue weighted by Crippen LogP contribution is -2.26. The number of sulfone groups is 1. The maximum absolute atomic E-state index is 12.2.